The molecule has 1 N–H and O–H groups in total. The van der Waals surface area contributed by atoms with E-state index in [2.05, 4.69) is 29.6 Å². The minimum absolute atomic E-state index is 0.132. The fourth-order valence-electron chi connectivity index (χ4n) is 3.06. The van der Waals surface area contributed by atoms with E-state index in [1.807, 2.05) is 11.0 Å². The van der Waals surface area contributed by atoms with E-state index in [0.29, 0.717) is 5.92 Å². The zero-order valence-electron chi connectivity index (χ0n) is 12.1. The van der Waals surface area contributed by atoms with Gasteiger partial charge in [0.25, 0.3) is 0 Å². The number of carbonyl (C=O) groups is 1. The number of amides is 2. The van der Waals surface area contributed by atoms with Gasteiger partial charge < -0.3 is 10.2 Å². The summed E-state index contributed by atoms with van der Waals surface area (Å²) >= 11 is 0. The maximum absolute atomic E-state index is 12.5. The van der Waals surface area contributed by atoms with Gasteiger partial charge in [-0.05, 0) is 37.2 Å². The average Bonchev–Trinajstić information content (AvgIpc) is 3.31. The Bertz CT molecular complexity index is 434. The second kappa shape index (κ2) is 6.29. The van der Waals surface area contributed by atoms with E-state index in [-0.39, 0.29) is 12.1 Å². The van der Waals surface area contributed by atoms with Gasteiger partial charge in [-0.15, -0.1) is 0 Å². The Kier molecular flexibility index (Phi) is 4.24. The molecule has 0 bridgehead atoms. The van der Waals surface area contributed by atoms with Crippen molar-refractivity contribution >= 4 is 6.03 Å². The van der Waals surface area contributed by atoms with Crippen molar-refractivity contribution < 1.29 is 4.79 Å². The normalized spacial score (nSPS) is 21.1. The topological polar surface area (TPSA) is 32.3 Å². The van der Waals surface area contributed by atoms with Gasteiger partial charge in [-0.1, -0.05) is 43.2 Å². The van der Waals surface area contributed by atoms with Crippen LogP contribution in [0.1, 0.15) is 50.1 Å². The van der Waals surface area contributed by atoms with Gasteiger partial charge in [-0.3, -0.25) is 0 Å². The fourth-order valence-corrected chi connectivity index (χ4v) is 3.06. The van der Waals surface area contributed by atoms with E-state index >= 15 is 0 Å². The Morgan fingerprint density at radius 3 is 2.30 bits per heavy atom. The molecule has 1 heterocycles. The first-order valence-electron chi connectivity index (χ1n) is 7.95. The molecule has 108 valence electrons. The van der Waals surface area contributed by atoms with Crippen LogP contribution in [0, 0.1) is 5.92 Å². The second-order valence-electron chi connectivity index (χ2n) is 6.08. The van der Waals surface area contributed by atoms with E-state index in [9.17, 15) is 4.79 Å². The predicted molar refractivity (Wildman–Crippen MR) is 80.5 cm³/mol. The first-order valence-corrected chi connectivity index (χ1v) is 7.95. The molecule has 1 aromatic rings. The van der Waals surface area contributed by atoms with Crippen molar-refractivity contribution in [3.8, 4) is 0 Å². The Hall–Kier alpha value is -1.51. The van der Waals surface area contributed by atoms with Crippen LogP contribution in [-0.2, 0) is 0 Å². The van der Waals surface area contributed by atoms with E-state index in [1.165, 1.54) is 31.2 Å². The molecule has 3 nitrogen and oxygen atoms in total. The first-order chi connectivity index (χ1) is 9.84. The van der Waals surface area contributed by atoms with Crippen LogP contribution in [0.25, 0.3) is 0 Å². The minimum atomic E-state index is 0.132. The Balaban J connectivity index is 1.65. The highest BCUT2D eigenvalue weighted by Crippen LogP contribution is 2.41. The molecule has 2 amide bonds. The molecule has 3 heteroatoms. The average molecular weight is 272 g/mol. The number of rotatable bonds is 3. The van der Waals surface area contributed by atoms with Gasteiger partial charge in [0.2, 0.25) is 0 Å². The molecule has 1 atom stereocenters. The molecular formula is C17H24N2O. The Labute approximate surface area is 121 Å². The van der Waals surface area contributed by atoms with Gasteiger partial charge in [-0.2, -0.15) is 0 Å². The van der Waals surface area contributed by atoms with Crippen LogP contribution >= 0.6 is 0 Å². The summed E-state index contributed by atoms with van der Waals surface area (Å²) in [5, 5.41) is 3.28. The fraction of sp³-hybridized carbons (Fsp3) is 0.588. The molecule has 1 aliphatic carbocycles. The third-order valence-corrected chi connectivity index (χ3v) is 4.42. The van der Waals surface area contributed by atoms with Gasteiger partial charge in [-0.25, -0.2) is 4.79 Å². The summed E-state index contributed by atoms with van der Waals surface area (Å²) in [6, 6.07) is 10.7. The summed E-state index contributed by atoms with van der Waals surface area (Å²) in [6.07, 6.45) is 7.28. The second-order valence-corrected chi connectivity index (χ2v) is 6.08. The molecule has 1 aromatic carbocycles. The van der Waals surface area contributed by atoms with Gasteiger partial charge in [0.15, 0.2) is 0 Å². The van der Waals surface area contributed by atoms with Gasteiger partial charge in [0.1, 0.15) is 0 Å². The van der Waals surface area contributed by atoms with Gasteiger partial charge in [0.05, 0.1) is 6.04 Å². The lowest BCUT2D eigenvalue weighted by Gasteiger charge is -2.25. The van der Waals surface area contributed by atoms with Crippen molar-refractivity contribution in [3.05, 3.63) is 35.9 Å². The zero-order valence-corrected chi connectivity index (χ0v) is 12.1. The van der Waals surface area contributed by atoms with Gasteiger partial charge in [0, 0.05) is 13.1 Å². The predicted octanol–water partition coefficient (Wildman–Crippen LogP) is 3.72. The summed E-state index contributed by atoms with van der Waals surface area (Å²) in [4.78, 5) is 14.5. The third kappa shape index (κ3) is 3.33. The largest absolute Gasteiger partial charge is 0.331 e. The van der Waals surface area contributed by atoms with Crippen LogP contribution in [-0.4, -0.2) is 24.0 Å². The van der Waals surface area contributed by atoms with Crippen molar-refractivity contribution in [2.75, 3.05) is 13.1 Å². The molecule has 20 heavy (non-hydrogen) atoms. The lowest BCUT2D eigenvalue weighted by atomic mass is 10.0. The van der Waals surface area contributed by atoms with Crippen LogP contribution < -0.4 is 5.32 Å². The SMILES string of the molecule is O=C(NC(c1ccccc1)C1CC1)N1CCCCCC1. The maximum atomic E-state index is 12.5. The summed E-state index contributed by atoms with van der Waals surface area (Å²) in [7, 11) is 0. The lowest BCUT2D eigenvalue weighted by molar-refractivity contribution is 0.194. The van der Waals surface area contributed by atoms with Crippen LogP contribution in [0.4, 0.5) is 4.79 Å². The molecule has 2 aliphatic rings. The molecule has 0 aromatic heterocycles. The van der Waals surface area contributed by atoms with E-state index in [4.69, 9.17) is 0 Å². The highest BCUT2D eigenvalue weighted by Gasteiger charge is 2.34. The number of urea groups is 1. The van der Waals surface area contributed by atoms with E-state index < -0.39 is 0 Å². The zero-order chi connectivity index (χ0) is 13.8. The monoisotopic (exact) mass is 272 g/mol. The third-order valence-electron chi connectivity index (χ3n) is 4.42. The highest BCUT2D eigenvalue weighted by molar-refractivity contribution is 5.74. The number of hydrogen-bond acceptors (Lipinski definition) is 1. The first kappa shape index (κ1) is 13.5. The van der Waals surface area contributed by atoms with E-state index in [1.54, 1.807) is 0 Å². The quantitative estimate of drug-likeness (QED) is 0.893. The van der Waals surface area contributed by atoms with Crippen LogP contribution in [0.15, 0.2) is 30.3 Å². The highest BCUT2D eigenvalue weighted by atomic mass is 16.2. The maximum Gasteiger partial charge on any atom is 0.317 e. The molecule has 1 aliphatic heterocycles. The number of carbonyl (C=O) groups excluding carboxylic acids is 1. The molecule has 1 saturated heterocycles. The van der Waals surface area contributed by atoms with Crippen molar-refractivity contribution in [2.45, 2.75) is 44.6 Å². The summed E-state index contributed by atoms with van der Waals surface area (Å²) < 4.78 is 0. The van der Waals surface area contributed by atoms with Crippen molar-refractivity contribution in [2.24, 2.45) is 5.92 Å². The van der Waals surface area contributed by atoms with Crippen molar-refractivity contribution in [1.82, 2.24) is 10.2 Å². The van der Waals surface area contributed by atoms with Crippen LogP contribution in [0.2, 0.25) is 0 Å². The minimum Gasteiger partial charge on any atom is -0.331 e. The van der Waals surface area contributed by atoms with Crippen LogP contribution in [0.5, 0.6) is 0 Å². The summed E-state index contributed by atoms with van der Waals surface area (Å²) in [5.74, 6) is 0.633. The van der Waals surface area contributed by atoms with Crippen molar-refractivity contribution in [3.63, 3.8) is 0 Å². The van der Waals surface area contributed by atoms with Crippen LogP contribution in [0.3, 0.4) is 0 Å². The molecular weight excluding hydrogens is 248 g/mol. The molecule has 1 saturated carbocycles. The van der Waals surface area contributed by atoms with Crippen molar-refractivity contribution in [1.29, 1.82) is 0 Å². The standard InChI is InChI=1S/C17H24N2O/c20-17(19-12-6-1-2-7-13-19)18-16(15-10-11-15)14-8-4-3-5-9-14/h3-5,8-9,15-16H,1-2,6-7,10-13H2,(H,18,20). The summed E-state index contributed by atoms with van der Waals surface area (Å²) in [6.45, 7) is 1.83. The summed E-state index contributed by atoms with van der Waals surface area (Å²) in [5.41, 5.74) is 1.25. The number of nitrogens with zero attached hydrogens (tertiary/aromatic N) is 1. The molecule has 1 unspecified atom stereocenters. The molecule has 3 rings (SSSR count). The smallest absolute Gasteiger partial charge is 0.317 e. The Morgan fingerprint density at radius 1 is 1.05 bits per heavy atom. The molecule has 0 radical (unpaired) electrons. The lowest BCUT2D eigenvalue weighted by Crippen LogP contribution is -2.42. The molecule has 0 spiro atoms. The number of nitrogens with one attached hydrogen (secondary N) is 1. The number of benzene rings is 1. The molecule has 2 fully saturated rings. The van der Waals surface area contributed by atoms with E-state index in [0.717, 1.165) is 25.9 Å². The van der Waals surface area contributed by atoms with Gasteiger partial charge >= 0.3 is 6.03 Å². The number of likely N-dealkylation sites (tertiary alicyclic amines) is 1. The Morgan fingerprint density at radius 2 is 1.70 bits per heavy atom. The number of hydrogen-bond donors (Lipinski definition) is 1.